The van der Waals surface area contributed by atoms with Gasteiger partial charge in [-0.2, -0.15) is 0 Å². The highest BCUT2D eigenvalue weighted by molar-refractivity contribution is 5.88. The van der Waals surface area contributed by atoms with Crippen molar-refractivity contribution in [2.75, 3.05) is 6.61 Å². The van der Waals surface area contributed by atoms with Crippen molar-refractivity contribution in [3.8, 4) is 0 Å². The van der Waals surface area contributed by atoms with Crippen molar-refractivity contribution < 1.29 is 24.9 Å². The van der Waals surface area contributed by atoms with Gasteiger partial charge in [-0.25, -0.2) is 4.98 Å². The molecule has 1 amide bonds. The van der Waals surface area contributed by atoms with Crippen molar-refractivity contribution in [1.29, 1.82) is 0 Å². The minimum atomic E-state index is -1.26. The lowest BCUT2D eigenvalue weighted by Crippen LogP contribution is -2.32. The van der Waals surface area contributed by atoms with E-state index in [4.69, 9.17) is 15.6 Å². The molecule has 0 aliphatic carbocycles. The summed E-state index contributed by atoms with van der Waals surface area (Å²) in [5.74, 6) is -0.988. The van der Waals surface area contributed by atoms with Crippen LogP contribution in [0.2, 0.25) is 0 Å². The fraction of sp³-hybridized carbons (Fsp3) is 0.625. The smallest absolute Gasteiger partial charge is 0.288 e. The molecule has 4 atom stereocenters. The van der Waals surface area contributed by atoms with Crippen molar-refractivity contribution in [1.82, 2.24) is 15.2 Å². The van der Waals surface area contributed by atoms with E-state index in [1.54, 1.807) is 0 Å². The minimum absolute atomic E-state index is 0.0706. The number of aliphatic hydroxyl groups excluding tert-OH is 3. The van der Waals surface area contributed by atoms with Gasteiger partial charge in [-0.1, -0.05) is 0 Å². The molecule has 1 saturated heterocycles. The van der Waals surface area contributed by atoms with Gasteiger partial charge < -0.3 is 25.8 Å². The van der Waals surface area contributed by atoms with Gasteiger partial charge in [0.1, 0.15) is 24.4 Å². The average Bonchev–Trinajstić information content (AvgIpc) is 2.87. The zero-order valence-corrected chi connectivity index (χ0v) is 8.65. The molecule has 1 aromatic rings. The fourth-order valence-electron chi connectivity index (χ4n) is 1.64. The second kappa shape index (κ2) is 4.37. The van der Waals surface area contributed by atoms with Gasteiger partial charge in [-0.05, 0) is 0 Å². The highest BCUT2D eigenvalue weighted by Crippen LogP contribution is 2.31. The molecule has 0 unspecified atom stereocenters. The molecule has 17 heavy (non-hydrogen) atoms. The van der Waals surface area contributed by atoms with Gasteiger partial charge in [0.2, 0.25) is 5.82 Å². The highest BCUT2D eigenvalue weighted by atomic mass is 16.6. The number of aliphatic hydroxyl groups is 3. The first-order chi connectivity index (χ1) is 8.04. The number of nitrogens with zero attached hydrogens (tertiary/aromatic N) is 2. The molecule has 1 aliphatic heterocycles. The summed E-state index contributed by atoms with van der Waals surface area (Å²) >= 11 is 0. The largest absolute Gasteiger partial charge is 0.394 e. The molecule has 9 heteroatoms. The number of primary amides is 1. The Morgan fingerprint density at radius 3 is 2.65 bits per heavy atom. The second-order valence-corrected chi connectivity index (χ2v) is 3.67. The number of ether oxygens (including phenoxy) is 1. The van der Waals surface area contributed by atoms with Gasteiger partial charge in [0.05, 0.1) is 6.61 Å². The van der Waals surface area contributed by atoms with E-state index in [2.05, 4.69) is 15.2 Å². The number of aromatic amines is 1. The van der Waals surface area contributed by atoms with E-state index < -0.39 is 36.9 Å². The molecule has 94 valence electrons. The number of rotatable bonds is 3. The number of nitrogens with one attached hydrogen (secondary N) is 1. The topological polar surface area (TPSA) is 155 Å². The monoisotopic (exact) mass is 244 g/mol. The van der Waals surface area contributed by atoms with Crippen molar-refractivity contribution in [3.63, 3.8) is 0 Å². The molecule has 1 aromatic heterocycles. The predicted octanol–water partition coefficient (Wildman–Crippen LogP) is -2.94. The maximum absolute atomic E-state index is 10.8. The lowest BCUT2D eigenvalue weighted by molar-refractivity contribution is -0.0252. The zero-order valence-electron chi connectivity index (χ0n) is 8.65. The van der Waals surface area contributed by atoms with Crippen LogP contribution in [0.15, 0.2) is 0 Å². The van der Waals surface area contributed by atoms with Gasteiger partial charge >= 0.3 is 0 Å². The number of aromatic nitrogens is 3. The number of carbonyl (C=O) groups excluding carboxylic acids is 1. The van der Waals surface area contributed by atoms with Crippen LogP contribution in [0.25, 0.3) is 0 Å². The lowest BCUT2D eigenvalue weighted by Gasteiger charge is -2.10. The normalized spacial score (nSPS) is 32.9. The van der Waals surface area contributed by atoms with E-state index in [1.807, 2.05) is 0 Å². The minimum Gasteiger partial charge on any atom is -0.394 e. The van der Waals surface area contributed by atoms with Crippen LogP contribution in [0, 0.1) is 0 Å². The summed E-state index contributed by atoms with van der Waals surface area (Å²) in [4.78, 5) is 14.5. The van der Waals surface area contributed by atoms with Gasteiger partial charge in [-0.3, -0.25) is 9.89 Å². The number of H-pyrrole nitrogens is 1. The molecule has 0 saturated carbocycles. The summed E-state index contributed by atoms with van der Waals surface area (Å²) in [5.41, 5.74) is 4.96. The van der Waals surface area contributed by atoms with E-state index >= 15 is 0 Å². The Morgan fingerprint density at radius 1 is 1.47 bits per heavy atom. The molecule has 9 nitrogen and oxygen atoms in total. The van der Waals surface area contributed by atoms with Crippen molar-refractivity contribution in [2.45, 2.75) is 24.4 Å². The fourth-order valence-corrected chi connectivity index (χ4v) is 1.64. The molecular weight excluding hydrogens is 232 g/mol. The van der Waals surface area contributed by atoms with Crippen LogP contribution < -0.4 is 5.73 Å². The summed E-state index contributed by atoms with van der Waals surface area (Å²) in [6, 6.07) is 0. The van der Waals surface area contributed by atoms with Crippen LogP contribution in [0.5, 0.6) is 0 Å². The first-order valence-corrected chi connectivity index (χ1v) is 4.89. The summed E-state index contributed by atoms with van der Waals surface area (Å²) in [6.07, 6.45) is -4.38. The Kier molecular flexibility index (Phi) is 3.07. The molecule has 1 fully saturated rings. The lowest BCUT2D eigenvalue weighted by atomic mass is 10.1. The molecule has 2 heterocycles. The van der Waals surface area contributed by atoms with Crippen LogP contribution in [0.4, 0.5) is 0 Å². The van der Waals surface area contributed by atoms with E-state index in [0.29, 0.717) is 0 Å². The maximum atomic E-state index is 10.8. The quantitative estimate of drug-likeness (QED) is 0.381. The molecule has 0 aromatic carbocycles. The van der Waals surface area contributed by atoms with E-state index in [0.717, 1.165) is 0 Å². The molecule has 0 bridgehead atoms. The number of nitrogens with two attached hydrogens (primary N) is 1. The Bertz CT molecular complexity index is 422. The summed E-state index contributed by atoms with van der Waals surface area (Å²) in [6.45, 7) is -0.439. The van der Waals surface area contributed by atoms with Gasteiger partial charge in [0.25, 0.3) is 5.91 Å². The van der Waals surface area contributed by atoms with Gasteiger partial charge in [0.15, 0.2) is 5.82 Å². The Balaban J connectivity index is 2.19. The van der Waals surface area contributed by atoms with Gasteiger partial charge in [-0.15, -0.1) is 5.10 Å². The average molecular weight is 244 g/mol. The van der Waals surface area contributed by atoms with Crippen molar-refractivity contribution in [2.24, 2.45) is 5.73 Å². The number of carbonyl (C=O) groups is 1. The molecule has 0 radical (unpaired) electrons. The van der Waals surface area contributed by atoms with Crippen molar-refractivity contribution in [3.05, 3.63) is 11.6 Å². The van der Waals surface area contributed by atoms with Crippen LogP contribution in [0.3, 0.4) is 0 Å². The van der Waals surface area contributed by atoms with E-state index in [-0.39, 0.29) is 11.6 Å². The highest BCUT2D eigenvalue weighted by Gasteiger charge is 2.44. The van der Waals surface area contributed by atoms with Crippen LogP contribution >= 0.6 is 0 Å². The van der Waals surface area contributed by atoms with E-state index in [9.17, 15) is 15.0 Å². The van der Waals surface area contributed by atoms with E-state index in [1.165, 1.54) is 0 Å². The Hall–Kier alpha value is -1.55. The third-order valence-corrected chi connectivity index (χ3v) is 2.53. The predicted molar refractivity (Wildman–Crippen MR) is 51.6 cm³/mol. The number of amides is 1. The number of hydrogen-bond acceptors (Lipinski definition) is 7. The number of hydrogen-bond donors (Lipinski definition) is 5. The molecule has 0 spiro atoms. The standard InChI is InChI=1S/C8H12N4O5/c9-6(16)8-10-7(11-12-8)5-4(15)3(14)2(1-13)17-5/h2-5,13-15H,1H2,(H2,9,16)(H,10,11,12)/t2-,3-,4-,5+/m0/s1. The zero-order chi connectivity index (χ0) is 12.6. The Labute approximate surface area is 95.2 Å². The molecular formula is C8H12N4O5. The molecule has 6 N–H and O–H groups in total. The van der Waals surface area contributed by atoms with Gasteiger partial charge in [0, 0.05) is 0 Å². The molecule has 2 rings (SSSR count). The first kappa shape index (κ1) is 11.9. The van der Waals surface area contributed by atoms with Crippen LogP contribution in [-0.2, 0) is 4.74 Å². The summed E-state index contributed by atoms with van der Waals surface area (Å²) < 4.78 is 5.18. The summed E-state index contributed by atoms with van der Waals surface area (Å²) in [5, 5.41) is 34.0. The SMILES string of the molecule is NC(=O)c1n[nH]c([C@@H]2O[C@@H](CO)[C@H](O)[C@@H]2O)n1. The Morgan fingerprint density at radius 2 is 2.18 bits per heavy atom. The second-order valence-electron chi connectivity index (χ2n) is 3.67. The first-order valence-electron chi connectivity index (χ1n) is 4.89. The third-order valence-electron chi connectivity index (χ3n) is 2.53. The maximum Gasteiger partial charge on any atom is 0.288 e. The molecule has 1 aliphatic rings. The summed E-state index contributed by atoms with van der Waals surface area (Å²) in [7, 11) is 0. The van der Waals surface area contributed by atoms with Crippen LogP contribution in [-0.4, -0.2) is 61.3 Å². The van der Waals surface area contributed by atoms with Crippen LogP contribution in [0.1, 0.15) is 22.5 Å². The van der Waals surface area contributed by atoms with Crippen molar-refractivity contribution >= 4 is 5.91 Å². The third kappa shape index (κ3) is 2.00.